The zero-order valence-electron chi connectivity index (χ0n) is 25.1. The molecule has 19 heteroatoms. The summed E-state index contributed by atoms with van der Waals surface area (Å²) < 4.78 is 102. The van der Waals surface area contributed by atoms with Gasteiger partial charge in [-0.1, -0.05) is 30.3 Å². The first-order chi connectivity index (χ1) is 23.5. The van der Waals surface area contributed by atoms with Crippen molar-refractivity contribution in [3.63, 3.8) is 0 Å². The summed E-state index contributed by atoms with van der Waals surface area (Å²) in [6.07, 6.45) is 0.851. The van der Waals surface area contributed by atoms with Gasteiger partial charge in [0.2, 0.25) is 0 Å². The van der Waals surface area contributed by atoms with Crippen molar-refractivity contribution in [1.29, 1.82) is 5.26 Å². The summed E-state index contributed by atoms with van der Waals surface area (Å²) in [6, 6.07) is 17.8. The Balaban J connectivity index is 1.49. The summed E-state index contributed by atoms with van der Waals surface area (Å²) in [5.74, 6) is -0.875. The number of azo groups is 2. The molecule has 0 unspecified atom stereocenters. The Labute approximate surface area is 283 Å². The lowest BCUT2D eigenvalue weighted by atomic mass is 9.93. The third-order valence-electron chi connectivity index (χ3n) is 7.88. The van der Waals surface area contributed by atoms with Gasteiger partial charge in [0.25, 0.3) is 30.4 Å². The molecule has 16 nitrogen and oxygen atoms in total. The van der Waals surface area contributed by atoms with E-state index < -0.39 is 57.3 Å². The van der Waals surface area contributed by atoms with Crippen molar-refractivity contribution < 1.29 is 44.0 Å². The van der Waals surface area contributed by atoms with Crippen molar-refractivity contribution in [2.75, 3.05) is 5.73 Å². The number of benzene rings is 5. The number of hydrogen-bond donors (Lipinski definition) is 5. The number of nitrogens with two attached hydrogens (primary N) is 1. The van der Waals surface area contributed by atoms with Crippen molar-refractivity contribution >= 4 is 80.3 Å². The normalized spacial score (nSPS) is 13.9. The van der Waals surface area contributed by atoms with Crippen LogP contribution < -0.4 is 5.73 Å². The maximum absolute atomic E-state index is 12.4. The first kappa shape index (κ1) is 34.3. The van der Waals surface area contributed by atoms with Gasteiger partial charge < -0.3 is 10.8 Å². The maximum Gasteiger partial charge on any atom is 0.296 e. The Bertz CT molecular complexity index is 2770. The van der Waals surface area contributed by atoms with E-state index in [2.05, 4.69) is 26.5 Å². The van der Waals surface area contributed by atoms with Crippen LogP contribution in [0.2, 0.25) is 0 Å². The molecule has 0 spiro atoms. The highest BCUT2D eigenvalue weighted by molar-refractivity contribution is 7.89. The molecule has 1 aliphatic carbocycles. The predicted octanol–water partition coefficient (Wildman–Crippen LogP) is 6.35. The summed E-state index contributed by atoms with van der Waals surface area (Å²) >= 11 is 0. The van der Waals surface area contributed by atoms with Crippen molar-refractivity contribution in [3.8, 4) is 11.8 Å². The Morgan fingerprint density at radius 1 is 0.680 bits per heavy atom. The molecule has 0 fully saturated rings. The number of nitriles is 1. The number of aromatic hydroxyl groups is 1. The van der Waals surface area contributed by atoms with E-state index in [1.54, 1.807) is 36.4 Å². The molecule has 0 radical (unpaired) electrons. The van der Waals surface area contributed by atoms with Gasteiger partial charge in [-0.05, 0) is 65.4 Å². The highest BCUT2D eigenvalue weighted by Gasteiger charge is 2.27. The summed E-state index contributed by atoms with van der Waals surface area (Å²) in [7, 11) is -14.6. The Hall–Kier alpha value is -5.62. The van der Waals surface area contributed by atoms with Gasteiger partial charge in [0.1, 0.15) is 15.5 Å². The summed E-state index contributed by atoms with van der Waals surface area (Å²) in [4.78, 5) is -2.12. The van der Waals surface area contributed by atoms with E-state index in [1.165, 1.54) is 18.2 Å². The van der Waals surface area contributed by atoms with E-state index in [0.717, 1.165) is 18.2 Å². The van der Waals surface area contributed by atoms with Crippen molar-refractivity contribution in [1.82, 2.24) is 0 Å². The Morgan fingerprint density at radius 2 is 1.26 bits per heavy atom. The second-order valence-electron chi connectivity index (χ2n) is 10.9. The third-order valence-corrected chi connectivity index (χ3v) is 10.6. The summed E-state index contributed by atoms with van der Waals surface area (Å²) in [5, 5.41) is 38.1. The smallest absolute Gasteiger partial charge is 0.296 e. The van der Waals surface area contributed by atoms with Crippen LogP contribution in [0.3, 0.4) is 0 Å². The second-order valence-corrected chi connectivity index (χ2v) is 15.2. The molecule has 0 aliphatic heterocycles. The topological polar surface area (TPSA) is 283 Å². The minimum atomic E-state index is -5.14. The first-order valence-corrected chi connectivity index (χ1v) is 18.4. The third kappa shape index (κ3) is 6.41. The molecule has 6 N–H and O–H groups in total. The van der Waals surface area contributed by atoms with Gasteiger partial charge in [-0.25, -0.2) is 0 Å². The average Bonchev–Trinajstić information content (AvgIpc) is 3.05. The van der Waals surface area contributed by atoms with Crippen LogP contribution in [-0.2, 0) is 43.2 Å². The monoisotopic (exact) mass is 734 g/mol. The number of hydrogen-bond acceptors (Lipinski definition) is 13. The fourth-order valence-electron chi connectivity index (χ4n) is 5.53. The number of nitrogen functional groups attached to an aromatic ring is 1. The molecule has 5 aromatic rings. The minimum Gasteiger partial charge on any atom is -0.505 e. The molecule has 6 rings (SSSR count). The van der Waals surface area contributed by atoms with E-state index >= 15 is 0 Å². The molecule has 0 saturated carbocycles. The summed E-state index contributed by atoms with van der Waals surface area (Å²) in [5.41, 5.74) is 6.26. The van der Waals surface area contributed by atoms with Crippen LogP contribution in [-0.4, -0.2) is 44.0 Å². The van der Waals surface area contributed by atoms with Crippen LogP contribution >= 0.6 is 0 Å². The van der Waals surface area contributed by atoms with E-state index in [4.69, 9.17) is 5.73 Å². The fraction of sp³-hybridized carbons (Fsp3) is 0.0645. The van der Waals surface area contributed by atoms with Crippen LogP contribution in [0.1, 0.15) is 16.7 Å². The zero-order valence-corrected chi connectivity index (χ0v) is 27.6. The van der Waals surface area contributed by atoms with Gasteiger partial charge in [-0.15, -0.1) is 10.2 Å². The number of phenols is 1. The van der Waals surface area contributed by atoms with Crippen LogP contribution in [0, 0.1) is 11.3 Å². The fourth-order valence-corrected chi connectivity index (χ4v) is 7.44. The number of allylic oxidation sites excluding steroid dienone is 2. The van der Waals surface area contributed by atoms with Gasteiger partial charge in [0.15, 0.2) is 5.75 Å². The lowest BCUT2D eigenvalue weighted by Gasteiger charge is -2.18. The zero-order chi connectivity index (χ0) is 36.2. The lowest BCUT2D eigenvalue weighted by molar-refractivity contribution is 0.472. The lowest BCUT2D eigenvalue weighted by Crippen LogP contribution is -2.11. The van der Waals surface area contributed by atoms with Gasteiger partial charge in [0, 0.05) is 22.6 Å². The number of phenolic OH excluding ortho intramolecular Hbond substituents is 1. The molecule has 0 heterocycles. The van der Waals surface area contributed by atoms with Crippen LogP contribution in [0.5, 0.6) is 5.75 Å². The second kappa shape index (κ2) is 12.4. The molecule has 0 saturated heterocycles. The summed E-state index contributed by atoms with van der Waals surface area (Å²) in [6.45, 7) is 0. The van der Waals surface area contributed by atoms with E-state index in [0.29, 0.717) is 27.6 Å². The van der Waals surface area contributed by atoms with Gasteiger partial charge in [-0.2, -0.15) is 40.7 Å². The van der Waals surface area contributed by atoms with E-state index in [1.807, 2.05) is 0 Å². The Kier molecular flexibility index (Phi) is 8.47. The van der Waals surface area contributed by atoms with Gasteiger partial charge >= 0.3 is 0 Å². The first-order valence-electron chi connectivity index (χ1n) is 14.1. The van der Waals surface area contributed by atoms with Crippen LogP contribution in [0.15, 0.2) is 108 Å². The van der Waals surface area contributed by atoms with Crippen molar-refractivity contribution in [2.24, 2.45) is 20.5 Å². The molecule has 50 heavy (non-hydrogen) atoms. The Morgan fingerprint density at radius 3 is 1.90 bits per heavy atom. The molecule has 254 valence electrons. The van der Waals surface area contributed by atoms with Gasteiger partial charge in [-0.3, -0.25) is 13.7 Å². The number of fused-ring (bicyclic) bond motifs is 3. The van der Waals surface area contributed by atoms with E-state index in [-0.39, 0.29) is 45.5 Å². The molecular weight excluding hydrogens is 713 g/mol. The molecule has 0 aromatic heterocycles. The molecule has 0 amide bonds. The SMILES string of the molecule is N#Cc1ccc(N=Nc2ccc(N=Nc3c(S(=O)(=O)O)cc4cc(S(=O)(=O)O)c(N)cc4c3O)c3c2CC=C(S(=O)(=O)O)C3)c2ccccc12. The molecular formula is C31H22N6O10S3. The molecule has 1 aliphatic rings. The molecule has 0 atom stereocenters. The van der Waals surface area contributed by atoms with E-state index in [9.17, 15) is 49.3 Å². The highest BCUT2D eigenvalue weighted by atomic mass is 32.2. The van der Waals surface area contributed by atoms with Crippen molar-refractivity contribution in [2.45, 2.75) is 22.6 Å². The standard InChI is InChI=1S/C31H22N6O10S3/c32-15-16-5-8-25(20-4-2-1-3-19(16)20)34-35-26-9-10-27(23-13-18(48(39,40)41)6-7-21(23)26)36-37-30-29(50(45,46)47)12-17-11-28(49(42,43)44)24(33)14-22(17)31(30)38/h1-6,8-12,14,38H,7,13,33H2,(H,39,40,41)(H,42,43,44)(H,45,46,47). The largest absolute Gasteiger partial charge is 0.505 e. The molecule has 0 bridgehead atoms. The van der Waals surface area contributed by atoms with Gasteiger partial charge in [0.05, 0.1) is 39.3 Å². The predicted molar refractivity (Wildman–Crippen MR) is 180 cm³/mol. The maximum atomic E-state index is 12.4. The number of nitrogens with zero attached hydrogens (tertiary/aromatic N) is 5. The number of anilines is 1. The van der Waals surface area contributed by atoms with Crippen LogP contribution in [0.25, 0.3) is 21.5 Å². The highest BCUT2D eigenvalue weighted by Crippen LogP contribution is 2.44. The minimum absolute atomic E-state index is 0.0287. The van der Waals surface area contributed by atoms with Crippen LogP contribution in [0.4, 0.5) is 28.4 Å². The van der Waals surface area contributed by atoms with Crippen molar-refractivity contribution in [3.05, 3.63) is 94.4 Å². The average molecular weight is 735 g/mol. The quantitative estimate of drug-likeness (QED) is 0.0695. The molecule has 5 aromatic carbocycles. The number of rotatable bonds is 7.